The van der Waals surface area contributed by atoms with Crippen molar-refractivity contribution in [1.82, 2.24) is 0 Å². The van der Waals surface area contributed by atoms with Crippen LogP contribution in [0, 0.1) is 0 Å². The Morgan fingerprint density at radius 1 is 0.786 bits per heavy atom. The SMILES string of the molecule is c1c2c(cc3c1OCCO3)CCCC2. The molecule has 0 atom stereocenters. The van der Waals surface area contributed by atoms with E-state index in [0.717, 1.165) is 11.5 Å². The summed E-state index contributed by atoms with van der Waals surface area (Å²) in [4.78, 5) is 0. The molecule has 1 heterocycles. The highest BCUT2D eigenvalue weighted by Gasteiger charge is 2.17. The van der Waals surface area contributed by atoms with Crippen LogP contribution in [0.2, 0.25) is 0 Å². The fraction of sp³-hybridized carbons (Fsp3) is 0.500. The van der Waals surface area contributed by atoms with E-state index in [-0.39, 0.29) is 0 Å². The Morgan fingerprint density at radius 3 is 1.79 bits per heavy atom. The van der Waals surface area contributed by atoms with Gasteiger partial charge in [-0.3, -0.25) is 0 Å². The predicted molar refractivity (Wildman–Crippen MR) is 54.1 cm³/mol. The zero-order valence-electron chi connectivity index (χ0n) is 8.21. The summed E-state index contributed by atoms with van der Waals surface area (Å²) in [5, 5.41) is 0. The summed E-state index contributed by atoms with van der Waals surface area (Å²) in [5.74, 6) is 1.88. The van der Waals surface area contributed by atoms with Gasteiger partial charge in [-0.1, -0.05) is 0 Å². The van der Waals surface area contributed by atoms with Gasteiger partial charge in [0.25, 0.3) is 0 Å². The number of hydrogen-bond donors (Lipinski definition) is 0. The lowest BCUT2D eigenvalue weighted by atomic mass is 9.91. The molecule has 74 valence electrons. The van der Waals surface area contributed by atoms with E-state index < -0.39 is 0 Å². The molecule has 14 heavy (non-hydrogen) atoms. The molecule has 0 saturated carbocycles. The zero-order chi connectivity index (χ0) is 9.38. The number of aryl methyl sites for hydroxylation is 2. The molecule has 0 saturated heterocycles. The second-order valence-corrected chi connectivity index (χ2v) is 3.97. The van der Waals surface area contributed by atoms with Gasteiger partial charge in [-0.05, 0) is 48.9 Å². The van der Waals surface area contributed by atoms with Gasteiger partial charge < -0.3 is 9.47 Å². The van der Waals surface area contributed by atoms with Crippen molar-refractivity contribution in [3.8, 4) is 11.5 Å². The Bertz CT molecular complexity index is 291. The Kier molecular flexibility index (Phi) is 1.86. The average molecular weight is 190 g/mol. The maximum atomic E-state index is 5.56. The summed E-state index contributed by atoms with van der Waals surface area (Å²) in [7, 11) is 0. The van der Waals surface area contributed by atoms with Crippen molar-refractivity contribution in [2.75, 3.05) is 13.2 Å². The van der Waals surface area contributed by atoms with Gasteiger partial charge in [-0.15, -0.1) is 0 Å². The monoisotopic (exact) mass is 190 g/mol. The van der Waals surface area contributed by atoms with E-state index in [1.54, 1.807) is 0 Å². The Labute approximate surface area is 83.8 Å². The minimum absolute atomic E-state index is 0.686. The number of benzene rings is 1. The van der Waals surface area contributed by atoms with Crippen LogP contribution in [0.4, 0.5) is 0 Å². The summed E-state index contributed by atoms with van der Waals surface area (Å²) < 4.78 is 11.1. The van der Waals surface area contributed by atoms with Gasteiger partial charge in [-0.25, -0.2) is 0 Å². The molecule has 3 rings (SSSR count). The molecule has 1 aromatic rings. The fourth-order valence-electron chi connectivity index (χ4n) is 2.27. The molecule has 0 bridgehead atoms. The molecule has 2 heteroatoms. The average Bonchev–Trinajstić information content (AvgIpc) is 2.26. The number of fused-ring (bicyclic) bond motifs is 2. The van der Waals surface area contributed by atoms with Crippen LogP contribution < -0.4 is 9.47 Å². The maximum absolute atomic E-state index is 5.56. The van der Waals surface area contributed by atoms with E-state index in [9.17, 15) is 0 Å². The van der Waals surface area contributed by atoms with Crippen molar-refractivity contribution in [3.63, 3.8) is 0 Å². The highest BCUT2D eigenvalue weighted by atomic mass is 16.6. The maximum Gasteiger partial charge on any atom is 0.161 e. The lowest BCUT2D eigenvalue weighted by molar-refractivity contribution is 0.171. The molecule has 0 aromatic heterocycles. The standard InChI is InChI=1S/C12H14O2/c1-2-4-10-8-12-11(7-9(10)3-1)13-5-6-14-12/h7-8H,1-6H2. The first-order valence-corrected chi connectivity index (χ1v) is 5.35. The molecule has 2 aliphatic rings. The minimum Gasteiger partial charge on any atom is -0.486 e. The van der Waals surface area contributed by atoms with Crippen molar-refractivity contribution in [1.29, 1.82) is 0 Å². The topological polar surface area (TPSA) is 18.5 Å². The van der Waals surface area contributed by atoms with Gasteiger partial charge in [-0.2, -0.15) is 0 Å². The van der Waals surface area contributed by atoms with Crippen molar-refractivity contribution < 1.29 is 9.47 Å². The summed E-state index contributed by atoms with van der Waals surface area (Å²) in [5.41, 5.74) is 2.92. The van der Waals surface area contributed by atoms with Crippen molar-refractivity contribution >= 4 is 0 Å². The van der Waals surface area contributed by atoms with Crippen molar-refractivity contribution in [3.05, 3.63) is 23.3 Å². The van der Waals surface area contributed by atoms with Crippen LogP contribution in [-0.2, 0) is 12.8 Å². The molecule has 0 fully saturated rings. The highest BCUT2D eigenvalue weighted by Crippen LogP contribution is 2.35. The molecule has 0 radical (unpaired) electrons. The third kappa shape index (κ3) is 1.26. The summed E-state index contributed by atoms with van der Waals surface area (Å²) in [6, 6.07) is 4.34. The molecular formula is C12H14O2. The molecule has 0 unspecified atom stereocenters. The molecule has 1 aliphatic heterocycles. The lowest BCUT2D eigenvalue weighted by Crippen LogP contribution is -2.16. The lowest BCUT2D eigenvalue weighted by Gasteiger charge is -2.23. The largest absolute Gasteiger partial charge is 0.486 e. The van der Waals surface area contributed by atoms with Gasteiger partial charge >= 0.3 is 0 Å². The summed E-state index contributed by atoms with van der Waals surface area (Å²) in [6.07, 6.45) is 5.03. The first kappa shape index (κ1) is 8.16. The van der Waals surface area contributed by atoms with E-state index in [1.807, 2.05) is 0 Å². The Hall–Kier alpha value is -1.18. The van der Waals surface area contributed by atoms with Crippen molar-refractivity contribution in [2.24, 2.45) is 0 Å². The highest BCUT2D eigenvalue weighted by molar-refractivity contribution is 5.48. The van der Waals surface area contributed by atoms with Crippen LogP contribution in [0.1, 0.15) is 24.0 Å². The Balaban J connectivity index is 2.06. The molecule has 0 amide bonds. The summed E-state index contributed by atoms with van der Waals surface area (Å²) >= 11 is 0. The van der Waals surface area contributed by atoms with E-state index in [2.05, 4.69) is 12.1 Å². The number of hydrogen-bond acceptors (Lipinski definition) is 2. The first-order valence-electron chi connectivity index (χ1n) is 5.35. The molecule has 1 aromatic carbocycles. The van der Waals surface area contributed by atoms with Crippen LogP contribution in [0.3, 0.4) is 0 Å². The van der Waals surface area contributed by atoms with Crippen LogP contribution in [0.5, 0.6) is 11.5 Å². The molecule has 0 spiro atoms. The molecular weight excluding hydrogens is 176 g/mol. The van der Waals surface area contributed by atoms with Gasteiger partial charge in [0.15, 0.2) is 11.5 Å². The minimum atomic E-state index is 0.686. The van der Waals surface area contributed by atoms with Crippen LogP contribution in [-0.4, -0.2) is 13.2 Å². The predicted octanol–water partition coefficient (Wildman–Crippen LogP) is 2.34. The van der Waals surface area contributed by atoms with Crippen LogP contribution in [0.15, 0.2) is 12.1 Å². The third-order valence-electron chi connectivity index (χ3n) is 3.01. The quantitative estimate of drug-likeness (QED) is 0.625. The second-order valence-electron chi connectivity index (χ2n) is 3.97. The van der Waals surface area contributed by atoms with E-state index in [4.69, 9.17) is 9.47 Å². The van der Waals surface area contributed by atoms with E-state index in [0.29, 0.717) is 13.2 Å². The third-order valence-corrected chi connectivity index (χ3v) is 3.01. The number of ether oxygens (including phenoxy) is 2. The molecule has 1 aliphatic carbocycles. The smallest absolute Gasteiger partial charge is 0.161 e. The summed E-state index contributed by atoms with van der Waals surface area (Å²) in [6.45, 7) is 1.37. The fourth-order valence-corrected chi connectivity index (χ4v) is 2.27. The first-order chi connectivity index (χ1) is 6.93. The van der Waals surface area contributed by atoms with Crippen LogP contribution in [0.25, 0.3) is 0 Å². The van der Waals surface area contributed by atoms with Gasteiger partial charge in [0.1, 0.15) is 13.2 Å². The van der Waals surface area contributed by atoms with E-state index in [1.165, 1.54) is 36.8 Å². The number of rotatable bonds is 0. The second kappa shape index (κ2) is 3.19. The van der Waals surface area contributed by atoms with Gasteiger partial charge in [0.05, 0.1) is 0 Å². The van der Waals surface area contributed by atoms with Gasteiger partial charge in [0.2, 0.25) is 0 Å². The zero-order valence-corrected chi connectivity index (χ0v) is 8.21. The normalized spacial score (nSPS) is 18.9. The molecule has 0 N–H and O–H groups in total. The Morgan fingerprint density at radius 2 is 1.29 bits per heavy atom. The van der Waals surface area contributed by atoms with Gasteiger partial charge in [0, 0.05) is 0 Å². The molecule has 2 nitrogen and oxygen atoms in total. The van der Waals surface area contributed by atoms with Crippen LogP contribution >= 0.6 is 0 Å². The van der Waals surface area contributed by atoms with Crippen molar-refractivity contribution in [2.45, 2.75) is 25.7 Å². The van der Waals surface area contributed by atoms with E-state index >= 15 is 0 Å².